The molecular formula is C17H26. The molecule has 0 fully saturated rings. The lowest BCUT2D eigenvalue weighted by molar-refractivity contribution is 0.319. The average molecular weight is 230 g/mol. The second-order valence-electron chi connectivity index (χ2n) is 7.62. The molecule has 1 aromatic rings. The van der Waals surface area contributed by atoms with Gasteiger partial charge in [-0.2, -0.15) is 0 Å². The summed E-state index contributed by atoms with van der Waals surface area (Å²) in [5.41, 5.74) is 5.34. The van der Waals surface area contributed by atoms with Crippen molar-refractivity contribution in [2.45, 2.75) is 65.7 Å². The summed E-state index contributed by atoms with van der Waals surface area (Å²) in [6.07, 6.45) is 2.59. The first-order chi connectivity index (χ1) is 7.69. The van der Waals surface area contributed by atoms with Crippen molar-refractivity contribution in [3.05, 3.63) is 34.9 Å². The number of aryl methyl sites for hydroxylation is 1. The highest BCUT2D eigenvalue weighted by Gasteiger charge is 2.32. The van der Waals surface area contributed by atoms with E-state index in [1.165, 1.54) is 18.4 Å². The van der Waals surface area contributed by atoms with Crippen LogP contribution in [0.1, 0.15) is 70.6 Å². The van der Waals surface area contributed by atoms with Gasteiger partial charge >= 0.3 is 0 Å². The van der Waals surface area contributed by atoms with Crippen LogP contribution in [0.5, 0.6) is 0 Å². The van der Waals surface area contributed by atoms with Gasteiger partial charge in [-0.05, 0) is 46.3 Å². The summed E-state index contributed by atoms with van der Waals surface area (Å²) in [6, 6.07) is 7.17. The molecule has 1 atom stereocenters. The fourth-order valence-corrected chi connectivity index (χ4v) is 2.98. The molecule has 1 unspecified atom stereocenters. The molecule has 0 amide bonds. The van der Waals surface area contributed by atoms with Gasteiger partial charge in [0, 0.05) is 0 Å². The Balaban J connectivity index is 2.39. The van der Waals surface area contributed by atoms with Crippen LogP contribution >= 0.6 is 0 Å². The van der Waals surface area contributed by atoms with Gasteiger partial charge in [0.25, 0.3) is 0 Å². The number of rotatable bonds is 0. The minimum absolute atomic E-state index is 0.273. The van der Waals surface area contributed by atoms with Gasteiger partial charge in [0.15, 0.2) is 0 Å². The highest BCUT2D eigenvalue weighted by molar-refractivity contribution is 5.41. The van der Waals surface area contributed by atoms with Crippen LogP contribution in [0.4, 0.5) is 0 Å². The predicted octanol–water partition coefficient (Wildman–Crippen LogP) is 5.06. The maximum absolute atomic E-state index is 2.45. The molecule has 0 N–H and O–H groups in total. The van der Waals surface area contributed by atoms with E-state index in [0.717, 1.165) is 5.92 Å². The van der Waals surface area contributed by atoms with Gasteiger partial charge in [-0.1, -0.05) is 59.7 Å². The van der Waals surface area contributed by atoms with Gasteiger partial charge in [-0.3, -0.25) is 0 Å². The van der Waals surface area contributed by atoms with Crippen molar-refractivity contribution >= 4 is 0 Å². The number of hydrogen-bond donors (Lipinski definition) is 0. The first-order valence-electron chi connectivity index (χ1n) is 6.83. The topological polar surface area (TPSA) is 0 Å². The minimum atomic E-state index is 0.273. The Labute approximate surface area is 106 Å². The molecule has 0 nitrogen and oxygen atoms in total. The molecular weight excluding hydrogens is 204 g/mol. The summed E-state index contributed by atoms with van der Waals surface area (Å²) in [7, 11) is 0. The summed E-state index contributed by atoms with van der Waals surface area (Å²) in [5, 5.41) is 0. The molecule has 1 aliphatic carbocycles. The number of fused-ring (bicyclic) bond motifs is 1. The van der Waals surface area contributed by atoms with Gasteiger partial charge < -0.3 is 0 Å². The normalized spacial score (nSPS) is 20.5. The Kier molecular flexibility index (Phi) is 2.88. The fourth-order valence-electron chi connectivity index (χ4n) is 2.98. The van der Waals surface area contributed by atoms with E-state index in [4.69, 9.17) is 0 Å². The summed E-state index contributed by atoms with van der Waals surface area (Å²) in [4.78, 5) is 0. The Morgan fingerprint density at radius 1 is 1.00 bits per heavy atom. The summed E-state index contributed by atoms with van der Waals surface area (Å²) < 4.78 is 0. The van der Waals surface area contributed by atoms with Crippen LogP contribution in [-0.4, -0.2) is 0 Å². The third kappa shape index (κ3) is 2.41. The Morgan fingerprint density at radius 3 is 2.18 bits per heavy atom. The van der Waals surface area contributed by atoms with E-state index in [2.05, 4.69) is 59.7 Å². The van der Waals surface area contributed by atoms with Crippen LogP contribution in [0.3, 0.4) is 0 Å². The maximum Gasteiger partial charge on any atom is -0.0107 e. The molecule has 0 heteroatoms. The van der Waals surface area contributed by atoms with Crippen molar-refractivity contribution in [3.8, 4) is 0 Å². The van der Waals surface area contributed by atoms with E-state index in [1.807, 2.05) is 0 Å². The first-order valence-corrected chi connectivity index (χ1v) is 6.83. The van der Waals surface area contributed by atoms with Crippen LogP contribution in [0, 0.1) is 5.41 Å². The molecule has 17 heavy (non-hydrogen) atoms. The third-order valence-electron chi connectivity index (χ3n) is 4.13. The molecule has 0 heterocycles. The molecule has 0 spiro atoms. The van der Waals surface area contributed by atoms with E-state index in [-0.39, 0.29) is 5.41 Å². The van der Waals surface area contributed by atoms with Crippen molar-refractivity contribution in [3.63, 3.8) is 0 Å². The van der Waals surface area contributed by atoms with Gasteiger partial charge in [0.2, 0.25) is 0 Å². The lowest BCUT2D eigenvalue weighted by Gasteiger charge is -2.28. The lowest BCUT2D eigenvalue weighted by atomic mass is 9.77. The lowest BCUT2D eigenvalue weighted by Crippen LogP contribution is -2.16. The molecule has 0 radical (unpaired) electrons. The number of hydrogen-bond acceptors (Lipinski definition) is 0. The Bertz CT molecular complexity index is 413. The smallest absolute Gasteiger partial charge is 0.0107 e. The summed E-state index contributed by atoms with van der Waals surface area (Å²) in [6.45, 7) is 14.0. The molecule has 0 bridgehead atoms. The van der Waals surface area contributed by atoms with E-state index < -0.39 is 0 Å². The van der Waals surface area contributed by atoms with Crippen molar-refractivity contribution in [1.82, 2.24) is 0 Å². The average Bonchev–Trinajstić information content (AvgIpc) is 2.57. The van der Waals surface area contributed by atoms with Crippen LogP contribution in [0.15, 0.2) is 18.2 Å². The van der Waals surface area contributed by atoms with Gasteiger partial charge in [-0.15, -0.1) is 0 Å². The second-order valence-corrected chi connectivity index (χ2v) is 7.62. The van der Waals surface area contributed by atoms with Crippen molar-refractivity contribution in [2.24, 2.45) is 5.41 Å². The van der Waals surface area contributed by atoms with E-state index in [1.54, 1.807) is 11.1 Å². The quantitative estimate of drug-likeness (QED) is 0.584. The second kappa shape index (κ2) is 3.86. The van der Waals surface area contributed by atoms with Crippen LogP contribution < -0.4 is 0 Å². The molecule has 1 aliphatic rings. The minimum Gasteiger partial charge on any atom is -0.0596 e. The molecule has 0 saturated heterocycles. The standard InChI is InChI=1S/C17H26/c1-16(2,3)13-8-9-14-12(11-13)7-10-15(14)17(4,5)6/h8-9,11,15H,7,10H2,1-6H3. The molecule has 0 saturated carbocycles. The first kappa shape index (κ1) is 12.7. The molecule has 2 rings (SSSR count). The zero-order valence-electron chi connectivity index (χ0n) is 12.2. The van der Waals surface area contributed by atoms with Gasteiger partial charge in [-0.25, -0.2) is 0 Å². The molecule has 0 aliphatic heterocycles. The van der Waals surface area contributed by atoms with Gasteiger partial charge in [0.05, 0.1) is 0 Å². The summed E-state index contributed by atoms with van der Waals surface area (Å²) >= 11 is 0. The van der Waals surface area contributed by atoms with E-state index in [9.17, 15) is 0 Å². The zero-order valence-corrected chi connectivity index (χ0v) is 12.2. The summed E-state index contributed by atoms with van der Waals surface area (Å²) in [5.74, 6) is 0.742. The van der Waals surface area contributed by atoms with Crippen LogP contribution in [0.25, 0.3) is 0 Å². The van der Waals surface area contributed by atoms with Gasteiger partial charge in [0.1, 0.15) is 0 Å². The highest BCUT2D eigenvalue weighted by Crippen LogP contribution is 2.45. The molecule has 94 valence electrons. The zero-order chi connectivity index (χ0) is 12.8. The molecule has 1 aromatic carbocycles. The van der Waals surface area contributed by atoms with Crippen molar-refractivity contribution in [2.75, 3.05) is 0 Å². The maximum atomic E-state index is 2.45. The largest absolute Gasteiger partial charge is 0.0596 e. The monoisotopic (exact) mass is 230 g/mol. The van der Waals surface area contributed by atoms with E-state index >= 15 is 0 Å². The predicted molar refractivity (Wildman–Crippen MR) is 75.7 cm³/mol. The molecule has 0 aromatic heterocycles. The van der Waals surface area contributed by atoms with E-state index in [0.29, 0.717) is 5.41 Å². The van der Waals surface area contributed by atoms with Crippen LogP contribution in [0.2, 0.25) is 0 Å². The number of benzene rings is 1. The van der Waals surface area contributed by atoms with Crippen LogP contribution in [-0.2, 0) is 11.8 Å². The SMILES string of the molecule is CC(C)(C)c1ccc2c(c1)CCC2C(C)(C)C. The van der Waals surface area contributed by atoms with Crippen molar-refractivity contribution < 1.29 is 0 Å². The van der Waals surface area contributed by atoms with Crippen molar-refractivity contribution in [1.29, 1.82) is 0 Å². The Hall–Kier alpha value is -0.780. The third-order valence-corrected chi connectivity index (χ3v) is 4.13. The Morgan fingerprint density at radius 2 is 1.65 bits per heavy atom. The fraction of sp³-hybridized carbons (Fsp3) is 0.647. The highest BCUT2D eigenvalue weighted by atomic mass is 14.4.